The summed E-state index contributed by atoms with van der Waals surface area (Å²) in [4.78, 5) is 0.693. The van der Waals surface area contributed by atoms with Gasteiger partial charge in [0.2, 0.25) is 0 Å². The maximum atomic E-state index is 12.1. The zero-order valence-electron chi connectivity index (χ0n) is 10.5. The van der Waals surface area contributed by atoms with Gasteiger partial charge in [0.05, 0.1) is 0 Å². The fourth-order valence-electron chi connectivity index (χ4n) is 1.22. The zero-order chi connectivity index (χ0) is 15.0. The number of benzene rings is 1. The second kappa shape index (κ2) is 8.11. The lowest BCUT2D eigenvalue weighted by molar-refractivity contribution is -0.274. The van der Waals surface area contributed by atoms with E-state index in [1.807, 2.05) is 6.08 Å². The van der Waals surface area contributed by atoms with E-state index in [0.29, 0.717) is 10.6 Å². The molecule has 0 radical (unpaired) electrons. The SMILES string of the molecule is C=C/C=C(\C=C)CSSc1cccc(OC(F)(F)F)c1. The smallest absolute Gasteiger partial charge is 0.406 e. The van der Waals surface area contributed by atoms with Crippen LogP contribution in [0.25, 0.3) is 0 Å². The number of ether oxygens (including phenoxy) is 1. The number of alkyl halides is 3. The molecule has 0 N–H and O–H groups in total. The number of rotatable bonds is 7. The van der Waals surface area contributed by atoms with Crippen LogP contribution in [0.4, 0.5) is 13.2 Å². The average Bonchev–Trinajstić information content (AvgIpc) is 2.36. The summed E-state index contributed by atoms with van der Waals surface area (Å²) >= 11 is 0. The Morgan fingerprint density at radius 2 is 2.05 bits per heavy atom. The van der Waals surface area contributed by atoms with Gasteiger partial charge in [-0.2, -0.15) is 0 Å². The topological polar surface area (TPSA) is 9.23 Å². The summed E-state index contributed by atoms with van der Waals surface area (Å²) in [6, 6.07) is 5.88. The fourth-order valence-corrected chi connectivity index (χ4v) is 3.36. The van der Waals surface area contributed by atoms with Crippen molar-refractivity contribution in [1.82, 2.24) is 0 Å². The maximum Gasteiger partial charge on any atom is 0.573 e. The Labute approximate surface area is 124 Å². The largest absolute Gasteiger partial charge is 0.573 e. The van der Waals surface area contributed by atoms with Crippen LogP contribution >= 0.6 is 21.6 Å². The molecule has 0 aliphatic heterocycles. The highest BCUT2D eigenvalue weighted by molar-refractivity contribution is 8.76. The quantitative estimate of drug-likeness (QED) is 0.477. The molecule has 0 unspecified atom stereocenters. The third kappa shape index (κ3) is 6.77. The summed E-state index contributed by atoms with van der Waals surface area (Å²) in [5, 5.41) is 0. The average molecular weight is 318 g/mol. The van der Waals surface area contributed by atoms with Gasteiger partial charge in [0, 0.05) is 10.6 Å². The molecule has 0 saturated heterocycles. The molecule has 108 valence electrons. The van der Waals surface area contributed by atoms with Gasteiger partial charge in [-0.1, -0.05) is 59.0 Å². The van der Waals surface area contributed by atoms with Crippen molar-refractivity contribution in [3.8, 4) is 5.75 Å². The Kier molecular flexibility index (Phi) is 6.81. The van der Waals surface area contributed by atoms with E-state index in [0.717, 1.165) is 5.57 Å². The molecular weight excluding hydrogens is 305 g/mol. The Hall–Kier alpha value is -1.27. The van der Waals surface area contributed by atoms with E-state index in [1.54, 1.807) is 18.2 Å². The first kappa shape index (κ1) is 16.8. The van der Waals surface area contributed by atoms with Gasteiger partial charge in [-0.15, -0.1) is 13.2 Å². The number of halogens is 3. The molecule has 1 nitrogen and oxygen atoms in total. The summed E-state index contributed by atoms with van der Waals surface area (Å²) < 4.78 is 40.2. The van der Waals surface area contributed by atoms with Crippen LogP contribution in [0, 0.1) is 0 Å². The number of hydrogen-bond donors (Lipinski definition) is 0. The van der Waals surface area contributed by atoms with Gasteiger partial charge in [0.15, 0.2) is 0 Å². The minimum atomic E-state index is -4.67. The standard InChI is InChI=1S/C14H13F3OS2/c1-3-6-11(4-2)10-19-20-13-8-5-7-12(9-13)18-14(15,16)17/h3-9H,1-2,10H2/b11-6+. The summed E-state index contributed by atoms with van der Waals surface area (Å²) in [7, 11) is 2.87. The molecule has 20 heavy (non-hydrogen) atoms. The van der Waals surface area contributed by atoms with E-state index in [9.17, 15) is 13.2 Å². The lowest BCUT2D eigenvalue weighted by atomic mass is 10.3. The molecule has 0 heterocycles. The summed E-state index contributed by atoms with van der Waals surface area (Å²) in [5.74, 6) is 0.471. The van der Waals surface area contributed by atoms with Crippen molar-refractivity contribution >= 4 is 21.6 Å². The van der Waals surface area contributed by atoms with Crippen LogP contribution < -0.4 is 4.74 Å². The molecule has 0 amide bonds. The van der Waals surface area contributed by atoms with Gasteiger partial charge < -0.3 is 4.74 Å². The van der Waals surface area contributed by atoms with Gasteiger partial charge in [0.25, 0.3) is 0 Å². The Balaban J connectivity index is 2.56. The van der Waals surface area contributed by atoms with Crippen LogP contribution in [0.5, 0.6) is 5.75 Å². The number of hydrogen-bond acceptors (Lipinski definition) is 3. The first-order chi connectivity index (χ1) is 9.44. The first-order valence-corrected chi connectivity index (χ1v) is 7.86. The van der Waals surface area contributed by atoms with Crippen molar-refractivity contribution in [1.29, 1.82) is 0 Å². The lowest BCUT2D eigenvalue weighted by Gasteiger charge is -2.09. The molecule has 0 aromatic heterocycles. The molecule has 1 aromatic rings. The fraction of sp³-hybridized carbons (Fsp3) is 0.143. The van der Waals surface area contributed by atoms with Crippen LogP contribution in [0.15, 0.2) is 66.1 Å². The Morgan fingerprint density at radius 1 is 1.30 bits per heavy atom. The predicted molar refractivity (Wildman–Crippen MR) is 79.9 cm³/mol. The van der Waals surface area contributed by atoms with E-state index >= 15 is 0 Å². The molecule has 0 saturated carbocycles. The minimum Gasteiger partial charge on any atom is -0.406 e. The van der Waals surface area contributed by atoms with E-state index in [2.05, 4.69) is 17.9 Å². The molecule has 1 rings (SSSR count). The highest BCUT2D eigenvalue weighted by Crippen LogP contribution is 2.35. The Morgan fingerprint density at radius 3 is 2.65 bits per heavy atom. The van der Waals surface area contributed by atoms with Gasteiger partial charge in [-0.3, -0.25) is 0 Å². The van der Waals surface area contributed by atoms with Crippen LogP contribution in [-0.4, -0.2) is 12.1 Å². The van der Waals surface area contributed by atoms with Gasteiger partial charge in [0.1, 0.15) is 5.75 Å². The molecule has 0 aliphatic carbocycles. The summed E-state index contributed by atoms with van der Waals surface area (Å²) in [6.07, 6.45) is 0.557. The van der Waals surface area contributed by atoms with Crippen LogP contribution in [0.3, 0.4) is 0 Å². The molecule has 0 bridgehead atoms. The van der Waals surface area contributed by atoms with E-state index < -0.39 is 6.36 Å². The third-order valence-corrected chi connectivity index (χ3v) is 4.31. The van der Waals surface area contributed by atoms with Crippen molar-refractivity contribution in [2.24, 2.45) is 0 Å². The Bertz CT molecular complexity index is 495. The molecule has 1 aromatic carbocycles. The lowest BCUT2D eigenvalue weighted by Crippen LogP contribution is -2.16. The minimum absolute atomic E-state index is 0.214. The van der Waals surface area contributed by atoms with Crippen LogP contribution in [-0.2, 0) is 0 Å². The molecular formula is C14H13F3OS2. The monoisotopic (exact) mass is 318 g/mol. The summed E-state index contributed by atoms with van der Waals surface area (Å²) in [6.45, 7) is 7.27. The molecule has 0 atom stereocenters. The van der Waals surface area contributed by atoms with Gasteiger partial charge >= 0.3 is 6.36 Å². The van der Waals surface area contributed by atoms with Crippen LogP contribution in [0.1, 0.15) is 0 Å². The normalized spacial score (nSPS) is 12.1. The zero-order valence-corrected chi connectivity index (χ0v) is 12.2. The molecule has 6 heteroatoms. The predicted octanol–water partition coefficient (Wildman–Crippen LogP) is 5.62. The van der Waals surface area contributed by atoms with Crippen molar-refractivity contribution < 1.29 is 17.9 Å². The van der Waals surface area contributed by atoms with E-state index in [1.165, 1.54) is 39.8 Å². The van der Waals surface area contributed by atoms with E-state index in [-0.39, 0.29) is 5.75 Å². The third-order valence-electron chi connectivity index (χ3n) is 2.01. The van der Waals surface area contributed by atoms with Crippen molar-refractivity contribution in [3.05, 3.63) is 61.2 Å². The number of allylic oxidation sites excluding steroid dienone is 3. The molecule has 0 fully saturated rings. The second-order valence-corrected chi connectivity index (χ2v) is 5.92. The van der Waals surface area contributed by atoms with E-state index in [4.69, 9.17) is 0 Å². The molecule has 0 aliphatic rings. The maximum absolute atomic E-state index is 12.1. The highest BCUT2D eigenvalue weighted by atomic mass is 33.1. The highest BCUT2D eigenvalue weighted by Gasteiger charge is 2.31. The van der Waals surface area contributed by atoms with Crippen molar-refractivity contribution in [2.75, 3.05) is 5.75 Å². The van der Waals surface area contributed by atoms with Gasteiger partial charge in [-0.25, -0.2) is 0 Å². The van der Waals surface area contributed by atoms with Crippen LogP contribution in [0.2, 0.25) is 0 Å². The van der Waals surface area contributed by atoms with Gasteiger partial charge in [-0.05, 0) is 23.8 Å². The van der Waals surface area contributed by atoms with Crippen molar-refractivity contribution in [3.63, 3.8) is 0 Å². The molecule has 0 spiro atoms. The van der Waals surface area contributed by atoms with Crippen molar-refractivity contribution in [2.45, 2.75) is 11.3 Å². The second-order valence-electron chi connectivity index (χ2n) is 3.55. The summed E-state index contributed by atoms with van der Waals surface area (Å²) in [5.41, 5.74) is 1.00. The first-order valence-electron chi connectivity index (χ1n) is 5.54.